The van der Waals surface area contributed by atoms with Gasteiger partial charge in [-0.25, -0.2) is 4.98 Å². The van der Waals surface area contributed by atoms with Crippen LogP contribution < -0.4 is 11.1 Å². The summed E-state index contributed by atoms with van der Waals surface area (Å²) in [4.78, 5) is 29.4. The number of likely N-dealkylation sites (tertiary alicyclic amines) is 1. The van der Waals surface area contributed by atoms with E-state index in [1.807, 2.05) is 6.07 Å². The summed E-state index contributed by atoms with van der Waals surface area (Å²) in [6.07, 6.45) is 1.79. The Kier molecular flexibility index (Phi) is 4.11. The number of nitrogens with two attached hydrogens (primary N) is 1. The van der Waals surface area contributed by atoms with Crippen LogP contribution in [0, 0.1) is 0 Å². The highest BCUT2D eigenvalue weighted by molar-refractivity contribution is 5.92. The van der Waals surface area contributed by atoms with Gasteiger partial charge in [0.2, 0.25) is 5.91 Å². The minimum Gasteiger partial charge on any atom is -0.354 e. The van der Waals surface area contributed by atoms with Gasteiger partial charge in [0.15, 0.2) is 0 Å². The summed E-state index contributed by atoms with van der Waals surface area (Å²) in [6, 6.07) is 5.22. The molecule has 1 aromatic rings. The SMILES string of the molecule is CNC(=O)c1cccc([C@@H]2CCCN2C(=O)CN)n1. The first kappa shape index (κ1) is 13.5. The monoisotopic (exact) mass is 262 g/mol. The molecule has 0 aromatic carbocycles. The Labute approximate surface area is 112 Å². The zero-order valence-corrected chi connectivity index (χ0v) is 10.9. The summed E-state index contributed by atoms with van der Waals surface area (Å²) in [5, 5.41) is 2.54. The molecule has 0 saturated carbocycles. The molecule has 0 bridgehead atoms. The van der Waals surface area contributed by atoms with Gasteiger partial charge in [-0.3, -0.25) is 9.59 Å². The number of carbonyl (C=O) groups excluding carboxylic acids is 2. The predicted molar refractivity (Wildman–Crippen MR) is 70.4 cm³/mol. The molecule has 2 amide bonds. The first-order valence-corrected chi connectivity index (χ1v) is 6.36. The van der Waals surface area contributed by atoms with E-state index in [0.29, 0.717) is 12.2 Å². The third kappa shape index (κ3) is 2.73. The molecule has 0 radical (unpaired) electrons. The number of aromatic nitrogens is 1. The molecule has 1 aliphatic heterocycles. The van der Waals surface area contributed by atoms with Gasteiger partial charge in [0.25, 0.3) is 5.91 Å². The number of hydrogen-bond acceptors (Lipinski definition) is 4. The fourth-order valence-electron chi connectivity index (χ4n) is 2.38. The normalized spacial score (nSPS) is 18.4. The number of carbonyl (C=O) groups is 2. The van der Waals surface area contributed by atoms with Crippen LogP contribution in [-0.4, -0.2) is 41.8 Å². The second kappa shape index (κ2) is 5.79. The van der Waals surface area contributed by atoms with Crippen molar-refractivity contribution in [3.8, 4) is 0 Å². The van der Waals surface area contributed by atoms with E-state index >= 15 is 0 Å². The van der Waals surface area contributed by atoms with Crippen molar-refractivity contribution in [2.24, 2.45) is 5.73 Å². The Morgan fingerprint density at radius 2 is 2.32 bits per heavy atom. The van der Waals surface area contributed by atoms with Crippen molar-refractivity contribution in [1.29, 1.82) is 0 Å². The van der Waals surface area contributed by atoms with Crippen LogP contribution in [-0.2, 0) is 4.79 Å². The topological polar surface area (TPSA) is 88.3 Å². The van der Waals surface area contributed by atoms with Crippen LogP contribution in [0.3, 0.4) is 0 Å². The number of pyridine rings is 1. The van der Waals surface area contributed by atoms with E-state index in [-0.39, 0.29) is 24.4 Å². The Bertz CT molecular complexity index is 489. The van der Waals surface area contributed by atoms with Crippen LogP contribution in [0.15, 0.2) is 18.2 Å². The molecule has 1 fully saturated rings. The number of amides is 2. The third-order valence-corrected chi connectivity index (χ3v) is 3.32. The van der Waals surface area contributed by atoms with Crippen LogP contribution in [0.25, 0.3) is 0 Å². The molecular weight excluding hydrogens is 244 g/mol. The number of hydrogen-bond donors (Lipinski definition) is 2. The van der Waals surface area contributed by atoms with Crippen LogP contribution in [0.1, 0.15) is 35.1 Å². The average Bonchev–Trinajstić information content (AvgIpc) is 2.95. The largest absolute Gasteiger partial charge is 0.354 e. The first-order chi connectivity index (χ1) is 9.17. The van der Waals surface area contributed by atoms with Crippen molar-refractivity contribution in [3.63, 3.8) is 0 Å². The lowest BCUT2D eigenvalue weighted by Gasteiger charge is -2.24. The third-order valence-electron chi connectivity index (χ3n) is 3.32. The average molecular weight is 262 g/mol. The molecule has 2 heterocycles. The molecule has 6 heteroatoms. The van der Waals surface area contributed by atoms with E-state index in [1.165, 1.54) is 0 Å². The van der Waals surface area contributed by atoms with Crippen LogP contribution in [0.4, 0.5) is 0 Å². The maximum atomic E-state index is 11.8. The number of rotatable bonds is 3. The molecule has 0 aliphatic carbocycles. The Morgan fingerprint density at radius 1 is 1.53 bits per heavy atom. The molecule has 3 N–H and O–H groups in total. The van der Waals surface area contributed by atoms with E-state index in [9.17, 15) is 9.59 Å². The molecule has 19 heavy (non-hydrogen) atoms. The van der Waals surface area contributed by atoms with Crippen molar-refractivity contribution in [2.45, 2.75) is 18.9 Å². The number of nitrogens with one attached hydrogen (secondary N) is 1. The summed E-state index contributed by atoms with van der Waals surface area (Å²) >= 11 is 0. The van der Waals surface area contributed by atoms with Gasteiger partial charge < -0.3 is 16.0 Å². The minimum atomic E-state index is -0.225. The van der Waals surface area contributed by atoms with Crippen molar-refractivity contribution >= 4 is 11.8 Å². The summed E-state index contributed by atoms with van der Waals surface area (Å²) in [6.45, 7) is 0.707. The van der Waals surface area contributed by atoms with Crippen LogP contribution in [0.2, 0.25) is 0 Å². The van der Waals surface area contributed by atoms with E-state index < -0.39 is 0 Å². The van der Waals surface area contributed by atoms with Gasteiger partial charge >= 0.3 is 0 Å². The Hall–Kier alpha value is -1.95. The van der Waals surface area contributed by atoms with Crippen molar-refractivity contribution in [2.75, 3.05) is 20.1 Å². The zero-order valence-electron chi connectivity index (χ0n) is 10.9. The fourth-order valence-corrected chi connectivity index (χ4v) is 2.38. The molecule has 1 atom stereocenters. The van der Waals surface area contributed by atoms with Gasteiger partial charge in [0, 0.05) is 13.6 Å². The molecular formula is C13H18N4O2. The maximum Gasteiger partial charge on any atom is 0.269 e. The molecule has 6 nitrogen and oxygen atoms in total. The van der Waals surface area contributed by atoms with Crippen LogP contribution >= 0.6 is 0 Å². The molecule has 0 spiro atoms. The summed E-state index contributed by atoms with van der Waals surface area (Å²) in [5.74, 6) is -0.300. The van der Waals surface area contributed by atoms with Crippen molar-refractivity contribution in [3.05, 3.63) is 29.6 Å². The minimum absolute atomic E-state index is 0.00559. The van der Waals surface area contributed by atoms with Gasteiger partial charge in [0.1, 0.15) is 5.69 Å². The second-order valence-corrected chi connectivity index (χ2v) is 4.48. The van der Waals surface area contributed by atoms with Gasteiger partial charge in [-0.1, -0.05) is 6.07 Å². The molecule has 1 aromatic heterocycles. The maximum absolute atomic E-state index is 11.8. The highest BCUT2D eigenvalue weighted by atomic mass is 16.2. The first-order valence-electron chi connectivity index (χ1n) is 6.36. The lowest BCUT2D eigenvalue weighted by atomic mass is 10.1. The van der Waals surface area contributed by atoms with Gasteiger partial charge in [-0.2, -0.15) is 0 Å². The Balaban J connectivity index is 2.26. The quantitative estimate of drug-likeness (QED) is 0.806. The molecule has 0 unspecified atom stereocenters. The van der Waals surface area contributed by atoms with E-state index in [4.69, 9.17) is 5.73 Å². The summed E-state index contributed by atoms with van der Waals surface area (Å²) in [5.41, 5.74) is 6.53. The fraction of sp³-hybridized carbons (Fsp3) is 0.462. The lowest BCUT2D eigenvalue weighted by Crippen LogP contribution is -2.36. The van der Waals surface area contributed by atoms with Gasteiger partial charge in [-0.15, -0.1) is 0 Å². The zero-order chi connectivity index (χ0) is 13.8. The molecule has 1 saturated heterocycles. The molecule has 2 rings (SSSR count). The van der Waals surface area contributed by atoms with Crippen LogP contribution in [0.5, 0.6) is 0 Å². The van der Waals surface area contributed by atoms with Gasteiger partial charge in [0.05, 0.1) is 18.3 Å². The van der Waals surface area contributed by atoms with Gasteiger partial charge in [-0.05, 0) is 25.0 Å². The highest BCUT2D eigenvalue weighted by Crippen LogP contribution is 2.30. The smallest absolute Gasteiger partial charge is 0.269 e. The molecule has 1 aliphatic rings. The summed E-state index contributed by atoms with van der Waals surface area (Å²) < 4.78 is 0. The highest BCUT2D eigenvalue weighted by Gasteiger charge is 2.30. The number of nitrogens with zero attached hydrogens (tertiary/aromatic N) is 2. The van der Waals surface area contributed by atoms with Crippen molar-refractivity contribution in [1.82, 2.24) is 15.2 Å². The lowest BCUT2D eigenvalue weighted by molar-refractivity contribution is -0.130. The molecule has 102 valence electrons. The van der Waals surface area contributed by atoms with E-state index in [1.54, 1.807) is 24.1 Å². The van der Waals surface area contributed by atoms with E-state index in [2.05, 4.69) is 10.3 Å². The standard InChI is InChI=1S/C13H18N4O2/c1-15-13(19)10-5-2-4-9(16-10)11-6-3-7-17(11)12(18)8-14/h2,4-5,11H,3,6-8,14H2,1H3,(H,15,19)/t11-/m0/s1. The second-order valence-electron chi connectivity index (χ2n) is 4.48. The predicted octanol–water partition coefficient (Wildman–Crippen LogP) is 0.0634. The van der Waals surface area contributed by atoms with Crippen molar-refractivity contribution < 1.29 is 9.59 Å². The summed E-state index contributed by atoms with van der Waals surface area (Å²) in [7, 11) is 1.57. The Morgan fingerprint density at radius 3 is 3.00 bits per heavy atom. The van der Waals surface area contributed by atoms with E-state index in [0.717, 1.165) is 18.5 Å².